The normalized spacial score (nSPS) is 36.8. The van der Waals surface area contributed by atoms with Crippen LogP contribution in [0.25, 0.3) is 0 Å². The van der Waals surface area contributed by atoms with E-state index in [9.17, 15) is 9.59 Å². The SMILES string of the molecule is CC(C)C1OC2[C@@H]3CCCN3C(=O)CN2C1=O. The monoisotopic (exact) mass is 238 g/mol. The number of hydrogen-bond acceptors (Lipinski definition) is 3. The van der Waals surface area contributed by atoms with Crippen molar-refractivity contribution >= 4 is 11.8 Å². The van der Waals surface area contributed by atoms with Crippen LogP contribution in [0.15, 0.2) is 0 Å². The van der Waals surface area contributed by atoms with Gasteiger partial charge in [0.15, 0.2) is 6.23 Å². The molecule has 3 aliphatic heterocycles. The molecule has 2 unspecified atom stereocenters. The first-order valence-electron chi connectivity index (χ1n) is 6.35. The predicted octanol–water partition coefficient (Wildman–Crippen LogP) is 0.200. The summed E-state index contributed by atoms with van der Waals surface area (Å²) in [7, 11) is 0. The fourth-order valence-corrected chi connectivity index (χ4v) is 3.11. The van der Waals surface area contributed by atoms with Crippen LogP contribution in [-0.4, -0.2) is 53.1 Å². The van der Waals surface area contributed by atoms with E-state index in [0.29, 0.717) is 0 Å². The largest absolute Gasteiger partial charge is 0.343 e. The summed E-state index contributed by atoms with van der Waals surface area (Å²) >= 11 is 0. The predicted molar refractivity (Wildman–Crippen MR) is 59.9 cm³/mol. The summed E-state index contributed by atoms with van der Waals surface area (Å²) in [5.74, 6) is 0.230. The van der Waals surface area contributed by atoms with E-state index in [-0.39, 0.29) is 42.7 Å². The highest BCUT2D eigenvalue weighted by atomic mass is 16.5. The van der Waals surface area contributed by atoms with Gasteiger partial charge in [-0.25, -0.2) is 0 Å². The molecule has 0 spiro atoms. The molecule has 17 heavy (non-hydrogen) atoms. The molecular weight excluding hydrogens is 220 g/mol. The molecule has 3 rings (SSSR count). The summed E-state index contributed by atoms with van der Waals surface area (Å²) in [6.07, 6.45) is 1.40. The van der Waals surface area contributed by atoms with E-state index in [1.807, 2.05) is 18.7 Å². The van der Waals surface area contributed by atoms with Crippen molar-refractivity contribution in [3.05, 3.63) is 0 Å². The zero-order valence-electron chi connectivity index (χ0n) is 10.3. The number of carbonyl (C=O) groups excluding carboxylic acids is 2. The lowest BCUT2D eigenvalue weighted by atomic mass is 10.1. The number of amides is 2. The van der Waals surface area contributed by atoms with Crippen molar-refractivity contribution < 1.29 is 14.3 Å². The summed E-state index contributed by atoms with van der Waals surface area (Å²) < 4.78 is 5.88. The van der Waals surface area contributed by atoms with Gasteiger partial charge >= 0.3 is 0 Å². The minimum absolute atomic E-state index is 0.00935. The van der Waals surface area contributed by atoms with Gasteiger partial charge in [-0.2, -0.15) is 0 Å². The Hall–Kier alpha value is -1.10. The van der Waals surface area contributed by atoms with Gasteiger partial charge in [0, 0.05) is 6.54 Å². The molecule has 0 aliphatic carbocycles. The molecule has 3 fully saturated rings. The maximum absolute atomic E-state index is 12.1. The van der Waals surface area contributed by atoms with Crippen LogP contribution in [0.3, 0.4) is 0 Å². The van der Waals surface area contributed by atoms with Crippen LogP contribution in [-0.2, 0) is 14.3 Å². The number of rotatable bonds is 1. The van der Waals surface area contributed by atoms with Gasteiger partial charge in [0.25, 0.3) is 5.91 Å². The Kier molecular flexibility index (Phi) is 2.40. The molecule has 0 aromatic carbocycles. The maximum Gasteiger partial charge on any atom is 0.254 e. The minimum Gasteiger partial charge on any atom is -0.343 e. The van der Waals surface area contributed by atoms with Crippen molar-refractivity contribution in [1.29, 1.82) is 0 Å². The number of fused-ring (bicyclic) bond motifs is 3. The Morgan fingerprint density at radius 2 is 2.06 bits per heavy atom. The molecule has 5 nitrogen and oxygen atoms in total. The average molecular weight is 238 g/mol. The molecule has 2 amide bonds. The van der Waals surface area contributed by atoms with Crippen LogP contribution in [0.2, 0.25) is 0 Å². The molecule has 3 atom stereocenters. The lowest BCUT2D eigenvalue weighted by Crippen LogP contribution is -2.58. The third-order valence-corrected chi connectivity index (χ3v) is 3.98. The lowest BCUT2D eigenvalue weighted by Gasteiger charge is -2.39. The topological polar surface area (TPSA) is 49.9 Å². The van der Waals surface area contributed by atoms with E-state index < -0.39 is 0 Å². The van der Waals surface area contributed by atoms with Gasteiger partial charge in [-0.3, -0.25) is 9.59 Å². The first kappa shape index (κ1) is 11.0. The van der Waals surface area contributed by atoms with E-state index in [4.69, 9.17) is 4.74 Å². The highest BCUT2D eigenvalue weighted by Gasteiger charge is 2.52. The van der Waals surface area contributed by atoms with Gasteiger partial charge in [-0.05, 0) is 18.8 Å². The molecule has 0 N–H and O–H groups in total. The number of nitrogens with zero attached hydrogens (tertiary/aromatic N) is 2. The summed E-state index contributed by atoms with van der Waals surface area (Å²) in [5, 5.41) is 0. The zero-order chi connectivity index (χ0) is 12.2. The quantitative estimate of drug-likeness (QED) is 0.655. The van der Waals surface area contributed by atoms with Crippen molar-refractivity contribution in [1.82, 2.24) is 9.80 Å². The molecule has 0 aromatic heterocycles. The van der Waals surface area contributed by atoms with Gasteiger partial charge in [-0.1, -0.05) is 13.8 Å². The van der Waals surface area contributed by atoms with Crippen molar-refractivity contribution in [3.8, 4) is 0 Å². The molecule has 3 aliphatic rings. The summed E-state index contributed by atoms with van der Waals surface area (Å²) in [6.45, 7) is 4.98. The smallest absolute Gasteiger partial charge is 0.254 e. The molecule has 0 saturated carbocycles. The minimum atomic E-state index is -0.367. The second-order valence-electron chi connectivity index (χ2n) is 5.45. The Bertz CT molecular complexity index is 369. The highest BCUT2D eigenvalue weighted by molar-refractivity contribution is 5.90. The zero-order valence-corrected chi connectivity index (χ0v) is 10.3. The van der Waals surface area contributed by atoms with E-state index in [2.05, 4.69) is 0 Å². The van der Waals surface area contributed by atoms with Crippen molar-refractivity contribution in [2.45, 2.75) is 45.1 Å². The van der Waals surface area contributed by atoms with Crippen LogP contribution < -0.4 is 0 Å². The first-order valence-corrected chi connectivity index (χ1v) is 6.35. The number of carbonyl (C=O) groups is 2. The maximum atomic E-state index is 12.1. The second-order valence-corrected chi connectivity index (χ2v) is 5.45. The Morgan fingerprint density at radius 3 is 2.76 bits per heavy atom. The third-order valence-electron chi connectivity index (χ3n) is 3.98. The fourth-order valence-electron chi connectivity index (χ4n) is 3.11. The Balaban J connectivity index is 1.88. The van der Waals surface area contributed by atoms with E-state index in [1.54, 1.807) is 4.90 Å². The van der Waals surface area contributed by atoms with Gasteiger partial charge in [0.05, 0.1) is 6.04 Å². The first-order chi connectivity index (χ1) is 8.09. The number of ether oxygens (including phenoxy) is 1. The van der Waals surface area contributed by atoms with Crippen molar-refractivity contribution in [2.75, 3.05) is 13.1 Å². The van der Waals surface area contributed by atoms with Crippen LogP contribution in [0, 0.1) is 5.92 Å². The Labute approximate surface area is 101 Å². The van der Waals surface area contributed by atoms with Gasteiger partial charge < -0.3 is 14.5 Å². The van der Waals surface area contributed by atoms with Crippen LogP contribution in [0.1, 0.15) is 26.7 Å². The molecule has 0 radical (unpaired) electrons. The highest BCUT2D eigenvalue weighted by Crippen LogP contribution is 2.34. The van der Waals surface area contributed by atoms with Crippen LogP contribution >= 0.6 is 0 Å². The molecular formula is C12H18N2O3. The van der Waals surface area contributed by atoms with Crippen molar-refractivity contribution in [3.63, 3.8) is 0 Å². The number of piperazine rings is 1. The van der Waals surface area contributed by atoms with Gasteiger partial charge in [0.1, 0.15) is 12.6 Å². The standard InChI is InChI=1S/C12H18N2O3/c1-7(2)10-11(16)14-6-9(15)13-5-3-4-8(13)12(14)17-10/h7-8,10,12H,3-6H2,1-2H3/t8-,10?,12?/m0/s1. The summed E-state index contributed by atoms with van der Waals surface area (Å²) in [6, 6.07) is 0.0870. The van der Waals surface area contributed by atoms with E-state index in [1.165, 1.54) is 0 Å². The van der Waals surface area contributed by atoms with E-state index >= 15 is 0 Å². The molecule has 0 aromatic rings. The van der Waals surface area contributed by atoms with E-state index in [0.717, 1.165) is 19.4 Å². The third kappa shape index (κ3) is 1.48. The molecule has 3 heterocycles. The van der Waals surface area contributed by atoms with Crippen LogP contribution in [0.4, 0.5) is 0 Å². The fraction of sp³-hybridized carbons (Fsp3) is 0.833. The molecule has 0 bridgehead atoms. The number of hydrogen-bond donors (Lipinski definition) is 0. The Morgan fingerprint density at radius 1 is 1.29 bits per heavy atom. The van der Waals surface area contributed by atoms with Gasteiger partial charge in [-0.15, -0.1) is 0 Å². The average Bonchev–Trinajstić information content (AvgIpc) is 2.85. The van der Waals surface area contributed by atoms with Gasteiger partial charge in [0.2, 0.25) is 5.91 Å². The van der Waals surface area contributed by atoms with Crippen molar-refractivity contribution in [2.24, 2.45) is 5.92 Å². The van der Waals surface area contributed by atoms with Crippen LogP contribution in [0.5, 0.6) is 0 Å². The lowest BCUT2D eigenvalue weighted by molar-refractivity contribution is -0.153. The summed E-state index contributed by atoms with van der Waals surface area (Å²) in [4.78, 5) is 27.6. The molecule has 94 valence electrons. The molecule has 3 saturated heterocycles. The summed E-state index contributed by atoms with van der Waals surface area (Å²) in [5.41, 5.74) is 0. The second kappa shape index (κ2) is 3.70. The molecule has 5 heteroatoms.